The summed E-state index contributed by atoms with van der Waals surface area (Å²) < 4.78 is 50.2. The Hall–Kier alpha value is -4.35. The first-order valence-electron chi connectivity index (χ1n) is 21.3. The van der Waals surface area contributed by atoms with Crippen molar-refractivity contribution in [1.29, 1.82) is 0 Å². The third-order valence-corrected chi connectivity index (χ3v) is 13.4. The second-order valence-corrected chi connectivity index (χ2v) is 19.5. The van der Waals surface area contributed by atoms with Gasteiger partial charge in [0.15, 0.2) is 24.1 Å². The SMILES string of the molecule is C=CC1OC2C[C@H]3OC[C@@]3(OC(C)=O)[C@H]3[C@H](OC(=O)c4ccccc4)[C@]4(O)C[C@H](OC(=O)[C@@H](O)[C@H](CC(C)C)NC(=O)OC(C)(C)C)C(C)=C([C@H](OC(C)=O)[C@H](O1)[C@]23C)C4(C)C. The van der Waals surface area contributed by atoms with Crippen molar-refractivity contribution < 1.29 is 72.1 Å². The number of alkyl carbamates (subject to hydrolysis) is 1. The van der Waals surface area contributed by atoms with Crippen LogP contribution >= 0.6 is 0 Å². The van der Waals surface area contributed by atoms with Crippen molar-refractivity contribution in [2.75, 3.05) is 6.61 Å². The lowest BCUT2D eigenvalue weighted by Gasteiger charge is -2.71. The number of ether oxygens (including phenoxy) is 8. The van der Waals surface area contributed by atoms with Gasteiger partial charge in [0, 0.05) is 37.5 Å². The van der Waals surface area contributed by atoms with E-state index in [9.17, 15) is 34.2 Å². The van der Waals surface area contributed by atoms with Crippen LogP contribution in [0.1, 0.15) is 106 Å². The molecule has 6 rings (SSSR count). The largest absolute Gasteiger partial charge is 0.456 e. The Morgan fingerprint density at radius 2 is 1.65 bits per heavy atom. The lowest BCUT2D eigenvalue weighted by molar-refractivity contribution is -0.405. The van der Waals surface area contributed by atoms with Gasteiger partial charge >= 0.3 is 30.0 Å². The minimum Gasteiger partial charge on any atom is -0.456 e. The van der Waals surface area contributed by atoms with Crippen LogP contribution in [0.5, 0.6) is 0 Å². The van der Waals surface area contributed by atoms with Crippen molar-refractivity contribution in [2.45, 2.75) is 167 Å². The highest BCUT2D eigenvalue weighted by Gasteiger charge is 2.79. The fraction of sp³-hybridized carbons (Fsp3) is 0.674. The zero-order chi connectivity index (χ0) is 45.9. The Morgan fingerprint density at radius 1 is 0.984 bits per heavy atom. The van der Waals surface area contributed by atoms with Gasteiger partial charge in [0.2, 0.25) is 0 Å². The summed E-state index contributed by atoms with van der Waals surface area (Å²) in [6, 6.07) is 7.04. The molecule has 4 fully saturated rings. The third kappa shape index (κ3) is 8.28. The van der Waals surface area contributed by atoms with Crippen LogP contribution in [0.15, 0.2) is 54.1 Å². The number of amides is 1. The van der Waals surface area contributed by atoms with E-state index < -0.39 is 125 Å². The van der Waals surface area contributed by atoms with Crippen LogP contribution in [0.2, 0.25) is 0 Å². The number of aliphatic hydroxyl groups is 2. The van der Waals surface area contributed by atoms with Gasteiger partial charge < -0.3 is 53.4 Å². The Bertz CT molecular complexity index is 1960. The van der Waals surface area contributed by atoms with Gasteiger partial charge in [-0.15, -0.1) is 0 Å². The number of hydrogen-bond donors (Lipinski definition) is 3. The van der Waals surface area contributed by atoms with Crippen LogP contribution in [-0.2, 0) is 52.3 Å². The van der Waals surface area contributed by atoms with Crippen LogP contribution in [0.4, 0.5) is 4.79 Å². The highest BCUT2D eigenvalue weighted by Crippen LogP contribution is 2.67. The first-order chi connectivity index (χ1) is 28.8. The molecular weight excluding hydrogens is 806 g/mol. The maximum absolute atomic E-state index is 14.4. The fourth-order valence-electron chi connectivity index (χ4n) is 10.7. The van der Waals surface area contributed by atoms with Crippen molar-refractivity contribution >= 4 is 30.0 Å². The van der Waals surface area contributed by atoms with Crippen molar-refractivity contribution in [3.63, 3.8) is 0 Å². The Labute approximate surface area is 362 Å². The molecule has 2 saturated heterocycles. The first kappa shape index (κ1) is 47.1. The van der Waals surface area contributed by atoms with Gasteiger partial charge in [-0.05, 0) is 69.4 Å². The molecule has 5 aliphatic rings. The molecule has 1 aromatic rings. The molecular formula is C46H63NO15. The second kappa shape index (κ2) is 17.0. The minimum atomic E-state index is -2.23. The number of hydrogen-bond acceptors (Lipinski definition) is 15. The minimum absolute atomic E-state index is 0.0926. The van der Waals surface area contributed by atoms with E-state index in [4.69, 9.17) is 37.9 Å². The maximum atomic E-state index is 14.4. The number of aliphatic hydroxyl groups excluding tert-OH is 1. The number of esters is 4. The van der Waals surface area contributed by atoms with Crippen molar-refractivity contribution in [2.24, 2.45) is 22.7 Å². The lowest BCUT2D eigenvalue weighted by atomic mass is 9.44. The number of fused-ring (bicyclic) bond motifs is 4. The maximum Gasteiger partial charge on any atom is 0.407 e. The number of benzene rings is 1. The van der Waals surface area contributed by atoms with Gasteiger partial charge in [-0.25, -0.2) is 14.4 Å². The summed E-state index contributed by atoms with van der Waals surface area (Å²) in [7, 11) is 0. The lowest BCUT2D eigenvalue weighted by Crippen LogP contribution is -2.83. The third-order valence-electron chi connectivity index (χ3n) is 13.4. The predicted molar refractivity (Wildman–Crippen MR) is 220 cm³/mol. The Balaban J connectivity index is 1.57. The molecule has 3 N–H and O–H groups in total. The topological polar surface area (TPSA) is 212 Å². The predicted octanol–water partition coefficient (Wildman–Crippen LogP) is 4.87. The monoisotopic (exact) mass is 869 g/mol. The number of nitrogens with one attached hydrogen (secondary N) is 1. The standard InChI is InChI=1S/C46H63NO15/c1-13-32-58-30-20-31-45(22-55-31,61-26(6)49)36-38(60-39(51)27-17-15-14-16-18-27)46(54)21-29(57-40(52)34(50)28(19-23(2)3)47-41(53)62-42(7,8)9)24(4)33(43(46,10)11)35(56-25(5)48)37(59-32)44(30,36)12/h13-18,23,28-32,34-38,50,54H,1,19-22H2,2-12H3,(H,47,53)/t28-,29-,30?,31+,32?,34-,35-,36-,37-,38-,44+,45-,46+/m0/s1. The Kier molecular flexibility index (Phi) is 12.9. The summed E-state index contributed by atoms with van der Waals surface area (Å²) in [5, 5.41) is 28.1. The average Bonchev–Trinajstić information content (AvgIpc) is 3.15. The van der Waals surface area contributed by atoms with Gasteiger partial charge in [0.25, 0.3) is 0 Å². The van der Waals surface area contributed by atoms with E-state index in [1.54, 1.807) is 71.9 Å². The number of rotatable bonds is 11. The van der Waals surface area contributed by atoms with Crippen LogP contribution in [-0.4, -0.2) is 119 Å². The molecule has 2 unspecified atom stereocenters. The molecule has 0 radical (unpaired) electrons. The van der Waals surface area contributed by atoms with Crippen molar-refractivity contribution in [1.82, 2.24) is 5.32 Å². The van der Waals surface area contributed by atoms with Crippen molar-refractivity contribution in [3.8, 4) is 0 Å². The normalized spacial score (nSPS) is 35.5. The molecule has 1 aromatic carbocycles. The van der Waals surface area contributed by atoms with Gasteiger partial charge in [-0.3, -0.25) is 9.59 Å². The zero-order valence-corrected chi connectivity index (χ0v) is 37.6. The molecule has 16 nitrogen and oxygen atoms in total. The van der Waals surface area contributed by atoms with Gasteiger partial charge in [0.05, 0.1) is 30.2 Å². The highest BCUT2D eigenvalue weighted by atomic mass is 16.7. The summed E-state index contributed by atoms with van der Waals surface area (Å²) in [6.07, 6.45) is -9.36. The van der Waals surface area contributed by atoms with E-state index in [2.05, 4.69) is 11.9 Å². The first-order valence-corrected chi connectivity index (χ1v) is 21.3. The molecule has 342 valence electrons. The zero-order valence-electron chi connectivity index (χ0n) is 37.6. The molecule has 2 heterocycles. The summed E-state index contributed by atoms with van der Waals surface area (Å²) >= 11 is 0. The molecule has 3 aliphatic carbocycles. The van der Waals surface area contributed by atoms with E-state index in [-0.39, 0.29) is 30.9 Å². The molecule has 1 amide bonds. The van der Waals surface area contributed by atoms with Crippen LogP contribution in [0.3, 0.4) is 0 Å². The molecule has 13 atom stereocenters. The molecule has 2 bridgehead atoms. The van der Waals surface area contributed by atoms with E-state index in [1.807, 2.05) is 20.8 Å². The van der Waals surface area contributed by atoms with E-state index in [0.29, 0.717) is 11.1 Å². The quantitative estimate of drug-likeness (QED) is 0.154. The molecule has 0 aromatic heterocycles. The molecule has 0 spiro atoms. The Morgan fingerprint density at radius 3 is 2.19 bits per heavy atom. The smallest absolute Gasteiger partial charge is 0.407 e. The van der Waals surface area contributed by atoms with Crippen LogP contribution in [0.25, 0.3) is 0 Å². The summed E-state index contributed by atoms with van der Waals surface area (Å²) in [5.74, 6) is -4.57. The fourth-order valence-corrected chi connectivity index (χ4v) is 10.7. The summed E-state index contributed by atoms with van der Waals surface area (Å²) in [5.41, 5.74) is -6.65. The van der Waals surface area contributed by atoms with Gasteiger partial charge in [-0.2, -0.15) is 0 Å². The average molecular weight is 870 g/mol. The molecule has 16 heteroatoms. The van der Waals surface area contributed by atoms with E-state index >= 15 is 0 Å². The molecule has 2 saturated carbocycles. The highest BCUT2D eigenvalue weighted by molar-refractivity contribution is 5.89. The van der Waals surface area contributed by atoms with Crippen molar-refractivity contribution in [3.05, 3.63) is 59.7 Å². The molecule has 2 aliphatic heterocycles. The second-order valence-electron chi connectivity index (χ2n) is 19.5. The molecule has 62 heavy (non-hydrogen) atoms. The number of carbonyl (C=O) groups is 5. The van der Waals surface area contributed by atoms with Crippen LogP contribution in [0, 0.1) is 22.7 Å². The van der Waals surface area contributed by atoms with E-state index in [0.717, 1.165) is 0 Å². The van der Waals surface area contributed by atoms with Gasteiger partial charge in [0.1, 0.15) is 35.6 Å². The number of carbonyl (C=O) groups excluding carboxylic acids is 5. The summed E-state index contributed by atoms with van der Waals surface area (Å²) in [4.78, 5) is 68.1. The van der Waals surface area contributed by atoms with Gasteiger partial charge in [-0.1, -0.05) is 59.4 Å². The summed E-state index contributed by atoms with van der Waals surface area (Å²) in [6.45, 7) is 21.9. The van der Waals surface area contributed by atoms with E-state index in [1.165, 1.54) is 19.9 Å². The van der Waals surface area contributed by atoms with Crippen LogP contribution < -0.4 is 5.32 Å².